The number of carbonyl (C=O) groups is 1. The number of ether oxygens (including phenoxy) is 2. The zero-order valence-corrected chi connectivity index (χ0v) is 27.5. The van der Waals surface area contributed by atoms with E-state index in [0.717, 1.165) is 34.1 Å². The predicted molar refractivity (Wildman–Crippen MR) is 169 cm³/mol. The largest absolute Gasteiger partial charge is 0.488 e. The van der Waals surface area contributed by atoms with Crippen molar-refractivity contribution >= 4 is 16.9 Å². The van der Waals surface area contributed by atoms with Gasteiger partial charge in [0.1, 0.15) is 22.5 Å². The second-order valence-electron chi connectivity index (χ2n) is 15.3. The first-order chi connectivity index (χ1) is 18.6. The summed E-state index contributed by atoms with van der Waals surface area (Å²) in [7, 11) is 0. The van der Waals surface area contributed by atoms with Gasteiger partial charge in [-0.2, -0.15) is 0 Å². The van der Waals surface area contributed by atoms with Gasteiger partial charge in [-0.15, -0.1) is 0 Å². The number of rotatable bonds is 8. The molecule has 2 aromatic carbocycles. The van der Waals surface area contributed by atoms with Gasteiger partial charge >= 0.3 is 11.6 Å². The van der Waals surface area contributed by atoms with Crippen molar-refractivity contribution in [1.29, 1.82) is 0 Å². The Hall–Kier alpha value is -3.08. The van der Waals surface area contributed by atoms with Crippen molar-refractivity contribution in [1.82, 2.24) is 0 Å². The molecule has 0 aliphatic carbocycles. The first-order valence-electron chi connectivity index (χ1n) is 14.6. The molecule has 0 N–H and O–H groups in total. The number of fused-ring (bicyclic) bond motifs is 1. The van der Waals surface area contributed by atoms with E-state index in [0.29, 0.717) is 23.3 Å². The summed E-state index contributed by atoms with van der Waals surface area (Å²) in [6.07, 6.45) is 1.23. The lowest BCUT2D eigenvalue weighted by Crippen LogP contribution is -2.43. The topological polar surface area (TPSA) is 65.7 Å². The molecule has 0 bridgehead atoms. The maximum atomic E-state index is 13.4. The van der Waals surface area contributed by atoms with Gasteiger partial charge in [-0.1, -0.05) is 59.2 Å². The van der Waals surface area contributed by atoms with Crippen LogP contribution in [0.15, 0.2) is 45.6 Å². The zero-order chi connectivity index (χ0) is 31.1. The summed E-state index contributed by atoms with van der Waals surface area (Å²) in [4.78, 5) is 26.5. The summed E-state index contributed by atoms with van der Waals surface area (Å²) in [6, 6.07) is 11.6. The summed E-state index contributed by atoms with van der Waals surface area (Å²) in [5, 5.41) is 0.825. The molecule has 3 rings (SSSR count). The van der Waals surface area contributed by atoms with Gasteiger partial charge in [-0.25, -0.2) is 4.79 Å². The van der Waals surface area contributed by atoms with E-state index in [2.05, 4.69) is 60.6 Å². The number of esters is 1. The van der Waals surface area contributed by atoms with Crippen molar-refractivity contribution in [3.05, 3.63) is 63.5 Å². The van der Waals surface area contributed by atoms with Crippen molar-refractivity contribution in [3.8, 4) is 16.9 Å². The predicted octanol–water partition coefficient (Wildman–Crippen LogP) is 9.35. The Morgan fingerprint density at radius 2 is 1.41 bits per heavy atom. The Morgan fingerprint density at radius 1 is 0.829 bits per heavy atom. The molecule has 1 unspecified atom stereocenters. The van der Waals surface area contributed by atoms with Crippen LogP contribution in [-0.2, 0) is 9.53 Å². The molecule has 0 aliphatic heterocycles. The average molecular weight is 563 g/mol. The standard InChI is InChI=1S/C36H50O5/c1-22-16-23(2)30(24(3)17-22)27-18-25-14-15-26(19-29(25)39-31(27)37)40-35(10,11)21-36(12,13)41-32(38)28(34(7,8)9)20-33(4,5)6/h14-19,28H,20-21H2,1-13H3. The van der Waals surface area contributed by atoms with Gasteiger partial charge in [0.15, 0.2) is 0 Å². The summed E-state index contributed by atoms with van der Waals surface area (Å²) >= 11 is 0. The molecule has 0 saturated heterocycles. The summed E-state index contributed by atoms with van der Waals surface area (Å²) in [5.41, 5.74) is 3.22. The van der Waals surface area contributed by atoms with E-state index in [1.54, 1.807) is 6.07 Å². The van der Waals surface area contributed by atoms with E-state index in [-0.39, 0.29) is 28.3 Å². The fraction of sp³-hybridized carbons (Fsp3) is 0.556. The van der Waals surface area contributed by atoms with Crippen LogP contribution in [0.1, 0.15) is 98.8 Å². The molecule has 1 aromatic heterocycles. The fourth-order valence-electron chi connectivity index (χ4n) is 6.05. The van der Waals surface area contributed by atoms with Gasteiger partial charge in [-0.3, -0.25) is 4.79 Å². The van der Waals surface area contributed by atoms with Gasteiger partial charge in [-0.05, 0) is 101 Å². The Labute approximate surface area is 246 Å². The molecule has 5 heteroatoms. The van der Waals surface area contributed by atoms with E-state index in [1.807, 2.05) is 59.7 Å². The summed E-state index contributed by atoms with van der Waals surface area (Å²) in [6.45, 7) is 26.6. The Morgan fingerprint density at radius 3 is 1.95 bits per heavy atom. The molecule has 1 heterocycles. The third-order valence-corrected chi connectivity index (χ3v) is 7.42. The number of aryl methyl sites for hydroxylation is 3. The van der Waals surface area contributed by atoms with E-state index in [9.17, 15) is 9.59 Å². The molecule has 0 amide bonds. The van der Waals surface area contributed by atoms with Crippen LogP contribution < -0.4 is 10.4 Å². The van der Waals surface area contributed by atoms with E-state index in [4.69, 9.17) is 13.9 Å². The quantitative estimate of drug-likeness (QED) is 0.202. The van der Waals surface area contributed by atoms with E-state index >= 15 is 0 Å². The highest BCUT2D eigenvalue weighted by Gasteiger charge is 2.40. The molecule has 5 nitrogen and oxygen atoms in total. The van der Waals surface area contributed by atoms with Crippen molar-refractivity contribution in [3.63, 3.8) is 0 Å². The first kappa shape index (κ1) is 32.4. The molecule has 0 radical (unpaired) electrons. The van der Waals surface area contributed by atoms with Crippen molar-refractivity contribution in [2.24, 2.45) is 16.7 Å². The van der Waals surface area contributed by atoms with E-state index in [1.165, 1.54) is 0 Å². The molecular weight excluding hydrogens is 512 g/mol. The van der Waals surface area contributed by atoms with Crippen LogP contribution in [0.2, 0.25) is 0 Å². The van der Waals surface area contributed by atoms with Crippen LogP contribution in [0.5, 0.6) is 5.75 Å². The van der Waals surface area contributed by atoms with Gasteiger partial charge in [0, 0.05) is 17.9 Å². The van der Waals surface area contributed by atoms with Crippen LogP contribution in [0, 0.1) is 37.5 Å². The van der Waals surface area contributed by atoms with Gasteiger partial charge in [0.05, 0.1) is 11.5 Å². The zero-order valence-electron chi connectivity index (χ0n) is 27.5. The Kier molecular flexibility index (Phi) is 8.94. The highest BCUT2D eigenvalue weighted by molar-refractivity contribution is 5.84. The summed E-state index contributed by atoms with van der Waals surface area (Å²) < 4.78 is 18.3. The SMILES string of the molecule is Cc1cc(C)c(-c2cc3ccc(OC(C)(C)CC(C)(C)OC(=O)C(CC(C)(C)C)C(C)(C)C)cc3oc2=O)c(C)c1. The van der Waals surface area contributed by atoms with Crippen LogP contribution in [0.4, 0.5) is 0 Å². The first-order valence-corrected chi connectivity index (χ1v) is 14.6. The fourth-order valence-corrected chi connectivity index (χ4v) is 6.05. The lowest BCUT2D eigenvalue weighted by atomic mass is 9.72. The Balaban J connectivity index is 1.81. The Bertz CT molecular complexity index is 1450. The third kappa shape index (κ3) is 8.47. The second-order valence-corrected chi connectivity index (χ2v) is 15.3. The number of hydrogen-bond acceptors (Lipinski definition) is 5. The third-order valence-electron chi connectivity index (χ3n) is 7.42. The monoisotopic (exact) mass is 562 g/mol. The molecule has 1 atom stereocenters. The highest BCUT2D eigenvalue weighted by Crippen LogP contribution is 2.39. The molecule has 224 valence electrons. The molecular formula is C36H50O5. The second kappa shape index (κ2) is 11.3. The van der Waals surface area contributed by atoms with Crippen LogP contribution >= 0.6 is 0 Å². The van der Waals surface area contributed by atoms with Crippen LogP contribution in [0.3, 0.4) is 0 Å². The van der Waals surface area contributed by atoms with Gasteiger partial charge in [0.25, 0.3) is 0 Å². The lowest BCUT2D eigenvalue weighted by molar-refractivity contribution is -0.170. The number of carbonyl (C=O) groups excluding carboxylic acids is 1. The lowest BCUT2D eigenvalue weighted by Gasteiger charge is -2.39. The maximum Gasteiger partial charge on any atom is 0.344 e. The van der Waals surface area contributed by atoms with Crippen LogP contribution in [-0.4, -0.2) is 17.2 Å². The smallest absolute Gasteiger partial charge is 0.344 e. The van der Waals surface area contributed by atoms with Crippen molar-refractivity contribution in [2.45, 2.75) is 114 Å². The summed E-state index contributed by atoms with van der Waals surface area (Å²) in [5.74, 6) is 0.200. The minimum absolute atomic E-state index is 0.00708. The normalized spacial score (nSPS) is 13.8. The van der Waals surface area contributed by atoms with Crippen LogP contribution in [0.25, 0.3) is 22.1 Å². The molecule has 3 aromatic rings. The van der Waals surface area contributed by atoms with Crippen molar-refractivity contribution in [2.75, 3.05) is 0 Å². The molecule has 0 aliphatic rings. The molecule has 41 heavy (non-hydrogen) atoms. The molecule has 0 fully saturated rings. The average Bonchev–Trinajstić information content (AvgIpc) is 2.74. The molecule has 0 spiro atoms. The minimum atomic E-state index is -0.746. The van der Waals surface area contributed by atoms with Gasteiger partial charge < -0.3 is 13.9 Å². The highest BCUT2D eigenvalue weighted by atomic mass is 16.6. The maximum absolute atomic E-state index is 13.4. The molecule has 0 saturated carbocycles. The van der Waals surface area contributed by atoms with E-state index < -0.39 is 11.2 Å². The number of hydrogen-bond donors (Lipinski definition) is 0. The van der Waals surface area contributed by atoms with Gasteiger partial charge in [0.2, 0.25) is 0 Å². The minimum Gasteiger partial charge on any atom is -0.488 e. The number of benzene rings is 2. The van der Waals surface area contributed by atoms with Crippen molar-refractivity contribution < 1.29 is 18.7 Å².